The van der Waals surface area contributed by atoms with E-state index in [4.69, 9.17) is 9.15 Å². The molecular weight excluding hydrogens is 374 g/mol. The second kappa shape index (κ2) is 7.44. The molecule has 150 valence electrons. The number of anilines is 1. The summed E-state index contributed by atoms with van der Waals surface area (Å²) in [4.78, 5) is 26.9. The third kappa shape index (κ3) is 3.59. The summed E-state index contributed by atoms with van der Waals surface area (Å²) in [5.74, 6) is -0.150. The van der Waals surface area contributed by atoms with Crippen molar-refractivity contribution in [3.8, 4) is 5.75 Å². The zero-order chi connectivity index (χ0) is 20.5. The standard InChI is InChI=1S/C20H21N5O4/c1-24(2)8-9-25-16-10-12(4-7-17(16)29-20(25)27)21-19(26)18-14-11-13(28-3)5-6-15(14)22-23-18/h4-7,10-11H,8-9H2,1-3H3,(H,21,26)(H,22,23). The maximum atomic E-state index is 12.8. The Labute approximate surface area is 165 Å². The van der Waals surface area contributed by atoms with Crippen LogP contribution in [0.3, 0.4) is 0 Å². The van der Waals surface area contributed by atoms with Crippen molar-refractivity contribution in [1.82, 2.24) is 19.7 Å². The van der Waals surface area contributed by atoms with Crippen LogP contribution in [0.2, 0.25) is 0 Å². The number of likely N-dealkylation sites (N-methyl/N-ethyl adjacent to an activating group) is 1. The summed E-state index contributed by atoms with van der Waals surface area (Å²) < 4.78 is 12.1. The van der Waals surface area contributed by atoms with Gasteiger partial charge in [0.25, 0.3) is 5.91 Å². The number of H-pyrrole nitrogens is 1. The average Bonchev–Trinajstić information content (AvgIpc) is 3.25. The van der Waals surface area contributed by atoms with Gasteiger partial charge in [0.15, 0.2) is 11.3 Å². The number of benzene rings is 2. The normalized spacial score (nSPS) is 11.4. The van der Waals surface area contributed by atoms with Gasteiger partial charge in [-0.15, -0.1) is 0 Å². The lowest BCUT2D eigenvalue weighted by Crippen LogP contribution is -2.23. The molecule has 1 amide bonds. The number of nitrogens with zero attached hydrogens (tertiary/aromatic N) is 3. The summed E-state index contributed by atoms with van der Waals surface area (Å²) in [5.41, 5.74) is 2.64. The number of fused-ring (bicyclic) bond motifs is 2. The molecule has 4 aromatic rings. The predicted octanol–water partition coefficient (Wildman–Crippen LogP) is 2.29. The average molecular weight is 395 g/mol. The van der Waals surface area contributed by atoms with Gasteiger partial charge in [-0.1, -0.05) is 0 Å². The van der Waals surface area contributed by atoms with E-state index in [0.29, 0.717) is 41.0 Å². The quantitative estimate of drug-likeness (QED) is 0.519. The van der Waals surface area contributed by atoms with E-state index >= 15 is 0 Å². The Hall–Kier alpha value is -3.59. The van der Waals surface area contributed by atoms with E-state index < -0.39 is 5.76 Å². The van der Waals surface area contributed by atoms with Crippen molar-refractivity contribution in [3.63, 3.8) is 0 Å². The van der Waals surface area contributed by atoms with Crippen LogP contribution in [0.25, 0.3) is 22.0 Å². The van der Waals surface area contributed by atoms with Crippen molar-refractivity contribution in [3.05, 3.63) is 52.6 Å². The first-order valence-electron chi connectivity index (χ1n) is 9.08. The van der Waals surface area contributed by atoms with Crippen LogP contribution in [0.4, 0.5) is 5.69 Å². The van der Waals surface area contributed by atoms with Crippen LogP contribution in [0.15, 0.2) is 45.6 Å². The number of hydrogen-bond acceptors (Lipinski definition) is 6. The van der Waals surface area contributed by atoms with E-state index in [9.17, 15) is 9.59 Å². The Morgan fingerprint density at radius 2 is 2.10 bits per heavy atom. The first-order valence-corrected chi connectivity index (χ1v) is 9.08. The fourth-order valence-electron chi connectivity index (χ4n) is 3.14. The summed E-state index contributed by atoms with van der Waals surface area (Å²) in [6.07, 6.45) is 0. The van der Waals surface area contributed by atoms with Crippen LogP contribution in [-0.2, 0) is 6.54 Å². The molecule has 2 heterocycles. The highest BCUT2D eigenvalue weighted by atomic mass is 16.5. The summed E-state index contributed by atoms with van der Waals surface area (Å²) in [6, 6.07) is 10.4. The van der Waals surface area contributed by atoms with Crippen molar-refractivity contribution in [2.75, 3.05) is 33.1 Å². The molecule has 0 atom stereocenters. The number of ether oxygens (including phenoxy) is 1. The molecule has 9 nitrogen and oxygen atoms in total. The summed E-state index contributed by atoms with van der Waals surface area (Å²) >= 11 is 0. The Morgan fingerprint density at radius 1 is 1.28 bits per heavy atom. The molecule has 4 rings (SSSR count). The molecule has 0 radical (unpaired) electrons. The molecule has 0 saturated heterocycles. The Bertz CT molecular complexity index is 1250. The topological polar surface area (TPSA) is 105 Å². The smallest absolute Gasteiger partial charge is 0.419 e. The van der Waals surface area contributed by atoms with Crippen LogP contribution < -0.4 is 15.8 Å². The molecule has 0 aliphatic carbocycles. The van der Waals surface area contributed by atoms with Crippen molar-refractivity contribution in [2.45, 2.75) is 6.54 Å². The number of aromatic nitrogens is 3. The minimum atomic E-state index is -0.421. The van der Waals surface area contributed by atoms with E-state index in [2.05, 4.69) is 15.5 Å². The first kappa shape index (κ1) is 18.8. The maximum Gasteiger partial charge on any atom is 0.419 e. The second-order valence-corrected chi connectivity index (χ2v) is 6.94. The number of hydrogen-bond donors (Lipinski definition) is 2. The molecule has 0 aliphatic rings. The largest absolute Gasteiger partial charge is 0.497 e. The van der Waals surface area contributed by atoms with Crippen molar-refractivity contribution >= 4 is 33.6 Å². The van der Waals surface area contributed by atoms with Gasteiger partial charge in [-0.25, -0.2) is 4.79 Å². The highest BCUT2D eigenvalue weighted by Crippen LogP contribution is 2.24. The zero-order valence-electron chi connectivity index (χ0n) is 16.4. The number of carbonyl (C=O) groups is 1. The van der Waals surface area contributed by atoms with Gasteiger partial charge in [0.2, 0.25) is 0 Å². The van der Waals surface area contributed by atoms with Crippen LogP contribution >= 0.6 is 0 Å². The second-order valence-electron chi connectivity index (χ2n) is 6.94. The molecule has 0 saturated carbocycles. The molecule has 2 N–H and O–H groups in total. The first-order chi connectivity index (χ1) is 14.0. The van der Waals surface area contributed by atoms with Gasteiger partial charge in [0, 0.05) is 24.2 Å². The van der Waals surface area contributed by atoms with Gasteiger partial charge >= 0.3 is 5.76 Å². The van der Waals surface area contributed by atoms with Crippen LogP contribution in [0.5, 0.6) is 5.75 Å². The molecule has 29 heavy (non-hydrogen) atoms. The predicted molar refractivity (Wildman–Crippen MR) is 110 cm³/mol. The monoisotopic (exact) mass is 395 g/mol. The Kier molecular flexibility index (Phi) is 4.81. The molecule has 0 spiro atoms. The third-order valence-corrected chi connectivity index (χ3v) is 4.68. The summed E-state index contributed by atoms with van der Waals surface area (Å²) in [7, 11) is 5.43. The number of carbonyl (C=O) groups excluding carboxylic acids is 1. The van der Waals surface area contributed by atoms with E-state index in [1.165, 1.54) is 0 Å². The SMILES string of the molecule is COc1ccc2[nH]nc(C(=O)Nc3ccc4oc(=O)n(CCN(C)C)c4c3)c2c1. The van der Waals surface area contributed by atoms with Crippen molar-refractivity contribution < 1.29 is 13.9 Å². The zero-order valence-corrected chi connectivity index (χ0v) is 16.4. The van der Waals surface area contributed by atoms with Gasteiger partial charge in [-0.2, -0.15) is 5.10 Å². The van der Waals surface area contributed by atoms with E-state index in [1.54, 1.807) is 48.1 Å². The minimum Gasteiger partial charge on any atom is -0.497 e. The lowest BCUT2D eigenvalue weighted by molar-refractivity contribution is 0.102. The summed E-state index contributed by atoms with van der Waals surface area (Å²) in [5, 5.41) is 10.5. The van der Waals surface area contributed by atoms with E-state index in [-0.39, 0.29) is 11.6 Å². The fraction of sp³-hybridized carbons (Fsp3) is 0.250. The van der Waals surface area contributed by atoms with Crippen LogP contribution in [-0.4, -0.2) is 53.3 Å². The molecule has 0 fully saturated rings. The molecule has 0 bridgehead atoms. The van der Waals surface area contributed by atoms with E-state index in [1.807, 2.05) is 19.0 Å². The van der Waals surface area contributed by atoms with Gasteiger partial charge in [-0.05, 0) is 50.5 Å². The van der Waals surface area contributed by atoms with E-state index in [0.717, 1.165) is 5.52 Å². The number of aromatic amines is 1. The van der Waals surface area contributed by atoms with Crippen molar-refractivity contribution in [1.29, 1.82) is 0 Å². The minimum absolute atomic E-state index is 0.260. The number of nitrogens with one attached hydrogen (secondary N) is 2. The Morgan fingerprint density at radius 3 is 2.86 bits per heavy atom. The Balaban J connectivity index is 1.64. The van der Waals surface area contributed by atoms with Crippen LogP contribution in [0.1, 0.15) is 10.5 Å². The maximum absolute atomic E-state index is 12.8. The van der Waals surface area contributed by atoms with Gasteiger partial charge in [0.05, 0.1) is 18.1 Å². The summed E-state index contributed by atoms with van der Waals surface area (Å²) in [6.45, 7) is 1.17. The molecule has 0 aliphatic heterocycles. The third-order valence-electron chi connectivity index (χ3n) is 4.68. The number of amides is 1. The molecule has 2 aromatic heterocycles. The lowest BCUT2D eigenvalue weighted by Gasteiger charge is -2.10. The van der Waals surface area contributed by atoms with Crippen molar-refractivity contribution in [2.24, 2.45) is 0 Å². The molecule has 0 unspecified atom stereocenters. The highest BCUT2D eigenvalue weighted by molar-refractivity contribution is 6.11. The van der Waals surface area contributed by atoms with Gasteiger partial charge in [0.1, 0.15) is 5.75 Å². The highest BCUT2D eigenvalue weighted by Gasteiger charge is 2.16. The number of rotatable bonds is 6. The van der Waals surface area contributed by atoms with Gasteiger partial charge in [-0.3, -0.25) is 14.5 Å². The van der Waals surface area contributed by atoms with Crippen LogP contribution in [0, 0.1) is 0 Å². The number of methoxy groups -OCH3 is 1. The molecular formula is C20H21N5O4. The van der Waals surface area contributed by atoms with Gasteiger partial charge < -0.3 is 19.4 Å². The lowest BCUT2D eigenvalue weighted by atomic mass is 10.2. The molecule has 9 heteroatoms. The number of oxazole rings is 1. The fourth-order valence-corrected chi connectivity index (χ4v) is 3.14. The molecule has 2 aromatic carbocycles.